The van der Waals surface area contributed by atoms with Crippen molar-refractivity contribution in [1.29, 1.82) is 0 Å². The van der Waals surface area contributed by atoms with Crippen LogP contribution in [-0.4, -0.2) is 17.7 Å². The Morgan fingerprint density at radius 2 is 2.14 bits per heavy atom. The number of carbonyl (C=O) groups is 1. The lowest BCUT2D eigenvalue weighted by atomic mass is 9.96. The van der Waals surface area contributed by atoms with Crippen molar-refractivity contribution in [2.24, 2.45) is 0 Å². The number of nitrogens with one attached hydrogen (secondary N) is 1. The van der Waals surface area contributed by atoms with Crippen LogP contribution in [0.15, 0.2) is 22.7 Å². The number of aryl methyl sites for hydroxylation is 1. The summed E-state index contributed by atoms with van der Waals surface area (Å²) in [5.41, 5.74) is 3.74. The lowest BCUT2D eigenvalue weighted by Crippen LogP contribution is -2.24. The van der Waals surface area contributed by atoms with E-state index in [0.29, 0.717) is 12.2 Å². The maximum absolute atomic E-state index is 12.3. The molecule has 1 amide bonds. The summed E-state index contributed by atoms with van der Waals surface area (Å²) in [6.45, 7) is 1.24. The second-order valence-electron chi connectivity index (χ2n) is 5.86. The highest BCUT2D eigenvalue weighted by Crippen LogP contribution is 2.26. The lowest BCUT2D eigenvalue weighted by molar-refractivity contribution is 0.0941. The number of ether oxygens (including phenoxy) is 1. The molecule has 1 aliphatic heterocycles. The van der Waals surface area contributed by atoms with Crippen molar-refractivity contribution in [2.45, 2.75) is 38.6 Å². The number of hydrogen-bond acceptors (Lipinski definition) is 4. The Hall–Kier alpha value is -2.30. The third-order valence-electron chi connectivity index (χ3n) is 4.37. The molecule has 4 rings (SSSR count). The normalized spacial score (nSPS) is 15.8. The third kappa shape index (κ3) is 2.36. The fraction of sp³-hybridized carbons (Fsp3) is 0.412. The van der Waals surface area contributed by atoms with Gasteiger partial charge in [0.2, 0.25) is 0 Å². The third-order valence-corrected chi connectivity index (χ3v) is 4.37. The zero-order valence-corrected chi connectivity index (χ0v) is 12.4. The summed E-state index contributed by atoms with van der Waals surface area (Å²) >= 11 is 0. The molecule has 22 heavy (non-hydrogen) atoms. The predicted molar refractivity (Wildman–Crippen MR) is 80.0 cm³/mol. The van der Waals surface area contributed by atoms with Crippen molar-refractivity contribution in [1.82, 2.24) is 10.5 Å². The number of fused-ring (bicyclic) bond motifs is 2. The number of benzene rings is 1. The van der Waals surface area contributed by atoms with Gasteiger partial charge in [-0.3, -0.25) is 4.79 Å². The molecule has 0 spiro atoms. The number of amides is 1. The van der Waals surface area contributed by atoms with E-state index in [4.69, 9.17) is 9.26 Å². The van der Waals surface area contributed by atoms with Crippen molar-refractivity contribution in [3.63, 3.8) is 0 Å². The van der Waals surface area contributed by atoms with Crippen LogP contribution in [0.3, 0.4) is 0 Å². The van der Waals surface area contributed by atoms with Gasteiger partial charge in [-0.15, -0.1) is 0 Å². The van der Waals surface area contributed by atoms with Crippen LogP contribution < -0.4 is 10.1 Å². The average molecular weight is 298 g/mol. The largest absolute Gasteiger partial charge is 0.493 e. The minimum absolute atomic E-state index is 0.149. The molecule has 0 radical (unpaired) electrons. The topological polar surface area (TPSA) is 64.4 Å². The van der Waals surface area contributed by atoms with Gasteiger partial charge < -0.3 is 14.6 Å². The minimum Gasteiger partial charge on any atom is -0.493 e. The van der Waals surface area contributed by atoms with Crippen molar-refractivity contribution in [2.75, 3.05) is 6.61 Å². The molecule has 1 aromatic carbocycles. The Morgan fingerprint density at radius 1 is 1.23 bits per heavy atom. The molecule has 114 valence electrons. The summed E-state index contributed by atoms with van der Waals surface area (Å²) in [5.74, 6) is 1.69. The van der Waals surface area contributed by atoms with Crippen LogP contribution in [0.1, 0.15) is 45.8 Å². The van der Waals surface area contributed by atoms with Gasteiger partial charge in [0.05, 0.1) is 6.61 Å². The summed E-state index contributed by atoms with van der Waals surface area (Å²) in [7, 11) is 0. The first kappa shape index (κ1) is 13.4. The first-order valence-corrected chi connectivity index (χ1v) is 7.81. The summed E-state index contributed by atoms with van der Waals surface area (Å²) < 4.78 is 10.8. The first-order chi connectivity index (χ1) is 10.8. The second-order valence-corrected chi connectivity index (χ2v) is 5.86. The molecule has 0 saturated heterocycles. The maximum atomic E-state index is 12.3. The Labute approximate surface area is 128 Å². The van der Waals surface area contributed by atoms with E-state index in [9.17, 15) is 4.79 Å². The van der Waals surface area contributed by atoms with E-state index in [1.165, 1.54) is 5.56 Å². The maximum Gasteiger partial charge on any atom is 0.274 e. The van der Waals surface area contributed by atoms with Crippen LogP contribution in [0.25, 0.3) is 0 Å². The van der Waals surface area contributed by atoms with E-state index < -0.39 is 0 Å². The molecule has 2 aromatic rings. The quantitative estimate of drug-likeness (QED) is 0.945. The number of hydrogen-bond donors (Lipinski definition) is 1. The van der Waals surface area contributed by atoms with Gasteiger partial charge in [0, 0.05) is 24.9 Å². The highest BCUT2D eigenvalue weighted by Gasteiger charge is 2.23. The van der Waals surface area contributed by atoms with Gasteiger partial charge in [0.1, 0.15) is 11.5 Å². The van der Waals surface area contributed by atoms with Gasteiger partial charge in [0.25, 0.3) is 5.91 Å². The molecule has 0 fully saturated rings. The molecular formula is C17H18N2O3. The van der Waals surface area contributed by atoms with E-state index in [1.807, 2.05) is 12.1 Å². The molecule has 2 aliphatic rings. The molecule has 1 aliphatic carbocycles. The SMILES string of the molecule is O=C(NCc1ccc2c(c1)CCO2)c1noc2c1CCCC2. The van der Waals surface area contributed by atoms with E-state index in [1.54, 1.807) is 0 Å². The van der Waals surface area contributed by atoms with Crippen LogP contribution in [-0.2, 0) is 25.8 Å². The summed E-state index contributed by atoms with van der Waals surface area (Å²) in [4.78, 5) is 12.3. The molecule has 1 N–H and O–H groups in total. The standard InChI is InChI=1S/C17H18N2O3/c20-17(16-13-3-1-2-4-15(13)22-19-16)18-10-11-5-6-14-12(9-11)7-8-21-14/h5-6,9H,1-4,7-8,10H2,(H,18,20). The van der Waals surface area contributed by atoms with E-state index >= 15 is 0 Å². The van der Waals surface area contributed by atoms with E-state index in [-0.39, 0.29) is 5.91 Å². The zero-order valence-electron chi connectivity index (χ0n) is 12.4. The molecular weight excluding hydrogens is 280 g/mol. The van der Waals surface area contributed by atoms with Crippen LogP contribution in [0.4, 0.5) is 0 Å². The first-order valence-electron chi connectivity index (χ1n) is 7.81. The highest BCUT2D eigenvalue weighted by atomic mass is 16.5. The van der Waals surface area contributed by atoms with Gasteiger partial charge in [-0.1, -0.05) is 17.3 Å². The average Bonchev–Trinajstić information content (AvgIpc) is 3.18. The van der Waals surface area contributed by atoms with E-state index in [0.717, 1.165) is 61.3 Å². The van der Waals surface area contributed by atoms with Crippen molar-refractivity contribution in [3.8, 4) is 5.75 Å². The molecule has 0 saturated carbocycles. The Balaban J connectivity index is 1.45. The second kappa shape index (κ2) is 5.48. The van der Waals surface area contributed by atoms with Gasteiger partial charge in [-0.05, 0) is 36.5 Å². The molecule has 0 unspecified atom stereocenters. The van der Waals surface area contributed by atoms with Gasteiger partial charge >= 0.3 is 0 Å². The molecule has 5 nitrogen and oxygen atoms in total. The van der Waals surface area contributed by atoms with Gasteiger partial charge in [-0.2, -0.15) is 0 Å². The Morgan fingerprint density at radius 3 is 3.09 bits per heavy atom. The van der Waals surface area contributed by atoms with Crippen molar-refractivity contribution >= 4 is 5.91 Å². The summed E-state index contributed by atoms with van der Waals surface area (Å²) in [5, 5.41) is 6.90. The fourth-order valence-corrected chi connectivity index (χ4v) is 3.18. The molecule has 5 heteroatoms. The van der Waals surface area contributed by atoms with Gasteiger partial charge in [-0.25, -0.2) is 0 Å². The van der Waals surface area contributed by atoms with Crippen LogP contribution >= 0.6 is 0 Å². The lowest BCUT2D eigenvalue weighted by Gasteiger charge is -2.09. The molecule has 0 bridgehead atoms. The molecule has 1 aromatic heterocycles. The minimum atomic E-state index is -0.149. The van der Waals surface area contributed by atoms with Crippen molar-refractivity contribution in [3.05, 3.63) is 46.3 Å². The number of carbonyl (C=O) groups excluding carboxylic acids is 1. The number of aromatic nitrogens is 1. The van der Waals surface area contributed by atoms with Crippen LogP contribution in [0, 0.1) is 0 Å². The highest BCUT2D eigenvalue weighted by molar-refractivity contribution is 5.93. The predicted octanol–water partition coefficient (Wildman–Crippen LogP) is 2.42. The Kier molecular flexibility index (Phi) is 3.33. The number of rotatable bonds is 3. The molecule has 0 atom stereocenters. The summed E-state index contributed by atoms with van der Waals surface area (Å²) in [6.07, 6.45) is 4.92. The Bertz CT molecular complexity index is 721. The molecule has 2 heterocycles. The van der Waals surface area contributed by atoms with Crippen LogP contribution in [0.2, 0.25) is 0 Å². The van der Waals surface area contributed by atoms with Crippen LogP contribution in [0.5, 0.6) is 5.75 Å². The number of nitrogens with zero attached hydrogens (tertiary/aromatic N) is 1. The fourth-order valence-electron chi connectivity index (χ4n) is 3.18. The zero-order chi connectivity index (χ0) is 14.9. The van der Waals surface area contributed by atoms with Crippen molar-refractivity contribution < 1.29 is 14.1 Å². The van der Waals surface area contributed by atoms with Gasteiger partial charge in [0.15, 0.2) is 5.69 Å². The monoisotopic (exact) mass is 298 g/mol. The summed E-state index contributed by atoms with van der Waals surface area (Å²) in [6, 6.07) is 6.06. The smallest absolute Gasteiger partial charge is 0.274 e. The van der Waals surface area contributed by atoms with E-state index in [2.05, 4.69) is 16.5 Å².